The average molecular weight is 268 g/mol. The van der Waals surface area contributed by atoms with Crippen molar-refractivity contribution in [2.24, 2.45) is 0 Å². The van der Waals surface area contributed by atoms with Crippen molar-refractivity contribution in [1.82, 2.24) is 10.1 Å². The first-order valence-corrected chi connectivity index (χ1v) is 6.85. The lowest BCUT2D eigenvalue weighted by Gasteiger charge is -1.96. The van der Waals surface area contributed by atoms with E-state index in [0.29, 0.717) is 11.7 Å². The van der Waals surface area contributed by atoms with Crippen molar-refractivity contribution >= 4 is 6.08 Å². The van der Waals surface area contributed by atoms with Crippen LogP contribution in [0.5, 0.6) is 0 Å². The summed E-state index contributed by atoms with van der Waals surface area (Å²) in [5.74, 6) is 1.20. The number of allylic oxidation sites excluding steroid dienone is 3. The van der Waals surface area contributed by atoms with Gasteiger partial charge in [-0.15, -0.1) is 0 Å². The summed E-state index contributed by atoms with van der Waals surface area (Å²) in [5.41, 5.74) is 3.56. The molecule has 0 radical (unpaired) electrons. The Labute approximate surface area is 120 Å². The smallest absolute Gasteiger partial charge is 0.250 e. The maximum Gasteiger partial charge on any atom is 0.250 e. The number of hydrogen-bond acceptors (Lipinski definition) is 3. The highest BCUT2D eigenvalue weighted by atomic mass is 16.5. The summed E-state index contributed by atoms with van der Waals surface area (Å²) >= 11 is 0. The highest BCUT2D eigenvalue weighted by Gasteiger charge is 2.06. The van der Waals surface area contributed by atoms with Gasteiger partial charge < -0.3 is 4.52 Å². The van der Waals surface area contributed by atoms with Crippen LogP contribution in [-0.4, -0.2) is 10.1 Å². The maximum atomic E-state index is 5.26. The molecule has 1 aromatic heterocycles. The topological polar surface area (TPSA) is 38.9 Å². The van der Waals surface area contributed by atoms with Crippen LogP contribution < -0.4 is 0 Å². The predicted octanol–water partition coefficient (Wildman–Crippen LogP) is 4.89. The van der Waals surface area contributed by atoms with Gasteiger partial charge in [0, 0.05) is 11.6 Å². The third-order valence-corrected chi connectivity index (χ3v) is 2.93. The van der Waals surface area contributed by atoms with E-state index in [2.05, 4.69) is 37.0 Å². The molecule has 2 aromatic rings. The highest BCUT2D eigenvalue weighted by molar-refractivity contribution is 5.55. The summed E-state index contributed by atoms with van der Waals surface area (Å²) in [5, 5.41) is 4.01. The predicted molar refractivity (Wildman–Crippen MR) is 82.1 cm³/mol. The summed E-state index contributed by atoms with van der Waals surface area (Å²) in [6.07, 6.45) is 6.25. The second-order valence-electron chi connectivity index (χ2n) is 5.13. The number of hydrogen-bond donors (Lipinski definition) is 0. The Morgan fingerprint density at radius 1 is 1.15 bits per heavy atom. The molecule has 20 heavy (non-hydrogen) atoms. The third kappa shape index (κ3) is 4.19. The van der Waals surface area contributed by atoms with Gasteiger partial charge in [-0.1, -0.05) is 52.7 Å². The summed E-state index contributed by atoms with van der Waals surface area (Å²) in [6, 6.07) is 9.84. The van der Waals surface area contributed by atoms with Gasteiger partial charge in [-0.05, 0) is 33.6 Å². The van der Waals surface area contributed by atoms with Gasteiger partial charge in [0.1, 0.15) is 0 Å². The van der Waals surface area contributed by atoms with E-state index in [1.54, 1.807) is 0 Å². The van der Waals surface area contributed by atoms with Crippen LogP contribution >= 0.6 is 0 Å². The number of benzene rings is 1. The fourth-order valence-electron chi connectivity index (χ4n) is 1.87. The molecule has 0 aliphatic carbocycles. The van der Waals surface area contributed by atoms with E-state index in [-0.39, 0.29) is 0 Å². The second-order valence-corrected chi connectivity index (χ2v) is 5.13. The Morgan fingerprint density at radius 2 is 1.90 bits per heavy atom. The van der Waals surface area contributed by atoms with E-state index in [1.165, 1.54) is 11.1 Å². The molecular weight excluding hydrogens is 248 g/mol. The molecule has 0 saturated carbocycles. The molecular formula is C17H20N2O. The van der Waals surface area contributed by atoms with Gasteiger partial charge >= 0.3 is 0 Å². The quantitative estimate of drug-likeness (QED) is 0.725. The van der Waals surface area contributed by atoms with Crippen molar-refractivity contribution in [3.63, 3.8) is 0 Å². The van der Waals surface area contributed by atoms with E-state index in [4.69, 9.17) is 4.52 Å². The SMILES string of the molecule is CC(C)=CCCC(C)=Cc1nc(-c2ccccc2)no1. The van der Waals surface area contributed by atoms with Crippen LogP contribution in [0.25, 0.3) is 17.5 Å². The van der Waals surface area contributed by atoms with E-state index < -0.39 is 0 Å². The van der Waals surface area contributed by atoms with Gasteiger partial charge in [0.15, 0.2) is 0 Å². The Kier molecular flexibility index (Phi) is 4.88. The summed E-state index contributed by atoms with van der Waals surface area (Å²) in [7, 11) is 0. The van der Waals surface area contributed by atoms with Crippen LogP contribution in [0.4, 0.5) is 0 Å². The van der Waals surface area contributed by atoms with Crippen molar-refractivity contribution in [3.8, 4) is 11.4 Å². The Morgan fingerprint density at radius 3 is 2.60 bits per heavy atom. The van der Waals surface area contributed by atoms with Gasteiger partial charge in [-0.25, -0.2) is 0 Å². The van der Waals surface area contributed by atoms with Crippen molar-refractivity contribution in [2.45, 2.75) is 33.6 Å². The summed E-state index contributed by atoms with van der Waals surface area (Å²) in [6.45, 7) is 6.32. The molecule has 0 aliphatic heterocycles. The maximum absolute atomic E-state index is 5.26. The normalized spacial score (nSPS) is 11.4. The lowest BCUT2D eigenvalue weighted by molar-refractivity contribution is 0.411. The van der Waals surface area contributed by atoms with Gasteiger partial charge in [0.2, 0.25) is 5.82 Å². The van der Waals surface area contributed by atoms with Crippen LogP contribution in [0.3, 0.4) is 0 Å². The minimum absolute atomic E-state index is 0.568. The van der Waals surface area contributed by atoms with E-state index in [1.807, 2.05) is 36.4 Å². The van der Waals surface area contributed by atoms with Gasteiger partial charge in [0.05, 0.1) is 0 Å². The highest BCUT2D eigenvalue weighted by Crippen LogP contribution is 2.17. The zero-order valence-electron chi connectivity index (χ0n) is 12.3. The largest absolute Gasteiger partial charge is 0.334 e. The molecule has 0 amide bonds. The molecule has 1 aromatic carbocycles. The molecule has 3 nitrogen and oxygen atoms in total. The molecule has 0 unspecified atom stereocenters. The molecule has 0 bridgehead atoms. The van der Waals surface area contributed by atoms with E-state index in [9.17, 15) is 0 Å². The van der Waals surface area contributed by atoms with Crippen LogP contribution in [0, 0.1) is 0 Å². The first-order valence-electron chi connectivity index (χ1n) is 6.85. The monoisotopic (exact) mass is 268 g/mol. The molecule has 0 fully saturated rings. The van der Waals surface area contributed by atoms with Gasteiger partial charge in [-0.2, -0.15) is 4.98 Å². The molecule has 3 heteroatoms. The molecule has 104 valence electrons. The Balaban J connectivity index is 2.04. The lowest BCUT2D eigenvalue weighted by atomic mass is 10.1. The Hall–Kier alpha value is -2.16. The van der Waals surface area contributed by atoms with Crippen LogP contribution in [0.2, 0.25) is 0 Å². The number of aromatic nitrogens is 2. The number of rotatable bonds is 5. The molecule has 0 saturated heterocycles. The zero-order chi connectivity index (χ0) is 14.4. The van der Waals surface area contributed by atoms with Crippen molar-refractivity contribution < 1.29 is 4.52 Å². The fourth-order valence-corrected chi connectivity index (χ4v) is 1.87. The van der Waals surface area contributed by atoms with Crippen LogP contribution in [0.15, 0.2) is 52.1 Å². The molecule has 1 heterocycles. The number of nitrogens with zero attached hydrogens (tertiary/aromatic N) is 2. The summed E-state index contributed by atoms with van der Waals surface area (Å²) < 4.78 is 5.26. The molecule has 0 spiro atoms. The second kappa shape index (κ2) is 6.85. The zero-order valence-corrected chi connectivity index (χ0v) is 12.3. The standard InChI is InChI=1S/C17H20N2O/c1-13(2)8-7-9-14(3)12-16-18-17(19-20-16)15-10-5-4-6-11-15/h4-6,8,10-12H,7,9H2,1-3H3. The first kappa shape index (κ1) is 14.3. The Bertz CT molecular complexity index is 605. The average Bonchev–Trinajstić information content (AvgIpc) is 2.88. The third-order valence-electron chi connectivity index (χ3n) is 2.93. The van der Waals surface area contributed by atoms with Crippen molar-refractivity contribution in [3.05, 3.63) is 53.4 Å². The van der Waals surface area contributed by atoms with E-state index in [0.717, 1.165) is 18.4 Å². The minimum atomic E-state index is 0.568. The van der Waals surface area contributed by atoms with Crippen molar-refractivity contribution in [1.29, 1.82) is 0 Å². The molecule has 2 rings (SSSR count). The molecule has 0 N–H and O–H groups in total. The van der Waals surface area contributed by atoms with Crippen LogP contribution in [0.1, 0.15) is 39.5 Å². The fraction of sp³-hybridized carbons (Fsp3) is 0.294. The van der Waals surface area contributed by atoms with Crippen LogP contribution in [-0.2, 0) is 0 Å². The lowest BCUT2D eigenvalue weighted by Crippen LogP contribution is -1.81. The van der Waals surface area contributed by atoms with Gasteiger partial charge in [0.25, 0.3) is 5.89 Å². The summed E-state index contributed by atoms with van der Waals surface area (Å²) in [4.78, 5) is 4.39. The molecule has 0 atom stereocenters. The molecule has 0 aliphatic rings. The first-order chi connectivity index (χ1) is 9.65. The van der Waals surface area contributed by atoms with Crippen molar-refractivity contribution in [2.75, 3.05) is 0 Å². The minimum Gasteiger partial charge on any atom is -0.334 e. The van der Waals surface area contributed by atoms with Gasteiger partial charge in [-0.3, -0.25) is 0 Å². The van der Waals surface area contributed by atoms with E-state index >= 15 is 0 Å².